The van der Waals surface area contributed by atoms with E-state index in [0.717, 1.165) is 29.4 Å². The summed E-state index contributed by atoms with van der Waals surface area (Å²) in [5, 5.41) is 6.48. The van der Waals surface area contributed by atoms with Gasteiger partial charge in [0.2, 0.25) is 0 Å². The molecular formula is C16H22N2OS. The van der Waals surface area contributed by atoms with Crippen LogP contribution >= 0.6 is 11.3 Å². The lowest BCUT2D eigenvalue weighted by molar-refractivity contribution is 0.305. The molecule has 1 aromatic carbocycles. The van der Waals surface area contributed by atoms with Crippen LogP contribution in [0.2, 0.25) is 0 Å². The Bertz CT molecular complexity index is 537. The first-order chi connectivity index (χ1) is 9.67. The second-order valence-corrected chi connectivity index (χ2v) is 6.00. The third-order valence-electron chi connectivity index (χ3n) is 2.96. The lowest BCUT2D eigenvalue weighted by Crippen LogP contribution is -2.21. The highest BCUT2D eigenvalue weighted by atomic mass is 32.1. The van der Waals surface area contributed by atoms with Gasteiger partial charge in [-0.25, -0.2) is 4.98 Å². The molecule has 4 heteroatoms. The number of hydrogen-bond acceptors (Lipinski definition) is 4. The van der Waals surface area contributed by atoms with Crippen LogP contribution in [0.1, 0.15) is 37.0 Å². The first kappa shape index (κ1) is 15.0. The molecule has 0 saturated heterocycles. The molecule has 0 fully saturated rings. The number of rotatable bonds is 7. The Morgan fingerprint density at radius 2 is 2.20 bits per heavy atom. The second-order valence-electron chi connectivity index (χ2n) is 5.06. The molecule has 0 aliphatic carbocycles. The van der Waals surface area contributed by atoms with E-state index in [2.05, 4.69) is 48.6 Å². The zero-order chi connectivity index (χ0) is 14.4. The van der Waals surface area contributed by atoms with Crippen molar-refractivity contribution in [2.75, 3.05) is 0 Å². The number of thiazole rings is 1. The molecule has 0 radical (unpaired) electrons. The van der Waals surface area contributed by atoms with E-state index in [-0.39, 0.29) is 0 Å². The van der Waals surface area contributed by atoms with Crippen LogP contribution in [0.15, 0.2) is 29.6 Å². The highest BCUT2D eigenvalue weighted by molar-refractivity contribution is 7.09. The van der Waals surface area contributed by atoms with Gasteiger partial charge in [-0.05, 0) is 24.1 Å². The zero-order valence-electron chi connectivity index (χ0n) is 12.3. The van der Waals surface area contributed by atoms with Crippen molar-refractivity contribution in [3.8, 4) is 5.75 Å². The zero-order valence-corrected chi connectivity index (χ0v) is 13.2. The summed E-state index contributed by atoms with van der Waals surface area (Å²) in [5.41, 5.74) is 2.38. The van der Waals surface area contributed by atoms with Gasteiger partial charge in [0.05, 0.1) is 5.69 Å². The number of nitrogens with one attached hydrogen (secondary N) is 1. The summed E-state index contributed by atoms with van der Waals surface area (Å²) in [5.74, 6) is 0.918. The van der Waals surface area contributed by atoms with E-state index in [0.29, 0.717) is 12.6 Å². The summed E-state index contributed by atoms with van der Waals surface area (Å²) in [6.07, 6.45) is 1.03. The molecule has 0 aliphatic heterocycles. The molecule has 20 heavy (non-hydrogen) atoms. The predicted molar refractivity (Wildman–Crippen MR) is 84.2 cm³/mol. The van der Waals surface area contributed by atoms with Crippen LogP contribution in [0, 0.1) is 0 Å². The minimum Gasteiger partial charge on any atom is -0.486 e. The first-order valence-corrected chi connectivity index (χ1v) is 7.93. The fourth-order valence-corrected chi connectivity index (χ4v) is 2.51. The van der Waals surface area contributed by atoms with Gasteiger partial charge in [0.25, 0.3) is 0 Å². The fraction of sp³-hybridized carbons (Fsp3) is 0.438. The molecule has 0 amide bonds. The normalized spacial score (nSPS) is 11.0. The summed E-state index contributed by atoms with van der Waals surface area (Å²) in [6.45, 7) is 7.78. The van der Waals surface area contributed by atoms with Gasteiger partial charge >= 0.3 is 0 Å². The number of aryl methyl sites for hydroxylation is 1. The Morgan fingerprint density at radius 3 is 2.95 bits per heavy atom. The Kier molecular flexibility index (Phi) is 5.56. The minimum absolute atomic E-state index is 0.480. The van der Waals surface area contributed by atoms with E-state index < -0.39 is 0 Å². The molecule has 0 atom stereocenters. The molecule has 1 aromatic heterocycles. The molecule has 3 nitrogen and oxygen atoms in total. The van der Waals surface area contributed by atoms with Crippen molar-refractivity contribution in [3.05, 3.63) is 45.9 Å². The fourth-order valence-electron chi connectivity index (χ4n) is 1.81. The summed E-state index contributed by atoms with van der Waals surface area (Å²) < 4.78 is 5.80. The largest absolute Gasteiger partial charge is 0.486 e. The number of benzene rings is 1. The minimum atomic E-state index is 0.480. The van der Waals surface area contributed by atoms with E-state index in [1.165, 1.54) is 5.56 Å². The molecule has 0 unspecified atom stereocenters. The monoisotopic (exact) mass is 290 g/mol. The molecule has 1 N–H and O–H groups in total. The molecule has 2 rings (SSSR count). The van der Waals surface area contributed by atoms with Crippen molar-refractivity contribution >= 4 is 11.3 Å². The van der Waals surface area contributed by atoms with E-state index in [1.54, 1.807) is 11.3 Å². The van der Waals surface area contributed by atoms with Gasteiger partial charge in [-0.2, -0.15) is 0 Å². The summed E-state index contributed by atoms with van der Waals surface area (Å²) >= 11 is 1.65. The Morgan fingerprint density at radius 1 is 1.35 bits per heavy atom. The number of aromatic nitrogens is 1. The third-order valence-corrected chi connectivity index (χ3v) is 3.83. The van der Waals surface area contributed by atoms with Gasteiger partial charge in [-0.15, -0.1) is 11.3 Å². The van der Waals surface area contributed by atoms with Crippen molar-refractivity contribution in [2.45, 2.75) is 46.4 Å². The average molecular weight is 290 g/mol. The number of ether oxygens (including phenoxy) is 1. The highest BCUT2D eigenvalue weighted by Crippen LogP contribution is 2.17. The van der Waals surface area contributed by atoms with Gasteiger partial charge in [0.15, 0.2) is 0 Å². The molecule has 0 saturated carbocycles. The molecule has 0 spiro atoms. The molecule has 0 aliphatic rings. The van der Waals surface area contributed by atoms with Gasteiger partial charge < -0.3 is 10.1 Å². The Hall–Kier alpha value is -1.39. The van der Waals surface area contributed by atoms with Gasteiger partial charge in [0, 0.05) is 18.0 Å². The number of nitrogens with zero attached hydrogens (tertiary/aromatic N) is 1. The third kappa shape index (κ3) is 4.62. The van der Waals surface area contributed by atoms with Crippen molar-refractivity contribution in [3.63, 3.8) is 0 Å². The quantitative estimate of drug-likeness (QED) is 0.842. The average Bonchev–Trinajstić information content (AvgIpc) is 2.91. The molecule has 108 valence electrons. The van der Waals surface area contributed by atoms with E-state index in [9.17, 15) is 0 Å². The van der Waals surface area contributed by atoms with E-state index >= 15 is 0 Å². The van der Waals surface area contributed by atoms with Crippen molar-refractivity contribution in [1.29, 1.82) is 0 Å². The molecular weight excluding hydrogens is 268 g/mol. The van der Waals surface area contributed by atoms with Crippen LogP contribution in [0.3, 0.4) is 0 Å². The van der Waals surface area contributed by atoms with Crippen LogP contribution < -0.4 is 10.1 Å². The van der Waals surface area contributed by atoms with Gasteiger partial charge in [-0.3, -0.25) is 0 Å². The van der Waals surface area contributed by atoms with Crippen molar-refractivity contribution in [1.82, 2.24) is 10.3 Å². The summed E-state index contributed by atoms with van der Waals surface area (Å²) in [4.78, 5) is 4.57. The van der Waals surface area contributed by atoms with E-state index in [1.807, 2.05) is 12.1 Å². The van der Waals surface area contributed by atoms with Crippen LogP contribution in [0.5, 0.6) is 5.75 Å². The topological polar surface area (TPSA) is 34.1 Å². The smallest absolute Gasteiger partial charge is 0.140 e. The van der Waals surface area contributed by atoms with Crippen LogP contribution in [-0.4, -0.2) is 11.0 Å². The van der Waals surface area contributed by atoms with Crippen molar-refractivity contribution in [2.24, 2.45) is 0 Å². The second kappa shape index (κ2) is 7.41. The molecule has 0 bridgehead atoms. The standard InChI is InChI=1S/C16H22N2OS/c1-4-13-6-5-7-15(8-13)19-10-16-18-14(11-20-16)9-17-12(2)3/h5-8,11-12,17H,4,9-10H2,1-3H3. The van der Waals surface area contributed by atoms with Crippen molar-refractivity contribution < 1.29 is 4.74 Å². The predicted octanol–water partition coefficient (Wildman–Crippen LogP) is 3.78. The maximum Gasteiger partial charge on any atom is 0.140 e. The Labute approximate surface area is 125 Å². The maximum atomic E-state index is 5.80. The number of hydrogen-bond donors (Lipinski definition) is 1. The van der Waals surface area contributed by atoms with Gasteiger partial charge in [0.1, 0.15) is 17.4 Å². The first-order valence-electron chi connectivity index (χ1n) is 7.05. The summed E-state index contributed by atoms with van der Waals surface area (Å²) in [7, 11) is 0. The van der Waals surface area contributed by atoms with Crippen LogP contribution in [-0.2, 0) is 19.6 Å². The van der Waals surface area contributed by atoms with Gasteiger partial charge in [-0.1, -0.05) is 32.9 Å². The lowest BCUT2D eigenvalue weighted by Gasteiger charge is -2.06. The highest BCUT2D eigenvalue weighted by Gasteiger charge is 2.04. The Balaban J connectivity index is 1.87. The SMILES string of the molecule is CCc1cccc(OCc2nc(CNC(C)C)cs2)c1. The molecule has 1 heterocycles. The van der Waals surface area contributed by atoms with Crippen LogP contribution in [0.4, 0.5) is 0 Å². The van der Waals surface area contributed by atoms with Crippen LogP contribution in [0.25, 0.3) is 0 Å². The maximum absolute atomic E-state index is 5.80. The van der Waals surface area contributed by atoms with E-state index in [4.69, 9.17) is 4.74 Å². The molecule has 2 aromatic rings. The lowest BCUT2D eigenvalue weighted by atomic mass is 10.2. The summed E-state index contributed by atoms with van der Waals surface area (Å²) in [6, 6.07) is 8.72.